The standard InChI is InChI=1S/C23H22F3N5OS2/c24-23(25,26)17-8-6-16(7-9-17)21-27-28-22(32-21)33-15-3-10-30-11-13-31(14-12-30)20-18-4-1-2-5-19(18)34-29-20/h1-2,4-9H,3,10-15H2. The molecule has 1 fully saturated rings. The number of benzene rings is 2. The molecule has 0 aliphatic carbocycles. The van der Waals surface area contributed by atoms with Gasteiger partial charge in [0, 0.05) is 42.9 Å². The highest BCUT2D eigenvalue weighted by molar-refractivity contribution is 7.99. The quantitative estimate of drug-likeness (QED) is 0.237. The molecular weight excluding hydrogens is 483 g/mol. The molecule has 0 N–H and O–H groups in total. The average molecular weight is 506 g/mol. The van der Waals surface area contributed by atoms with Crippen molar-refractivity contribution in [2.75, 3.05) is 43.4 Å². The summed E-state index contributed by atoms with van der Waals surface area (Å²) in [4.78, 5) is 4.82. The summed E-state index contributed by atoms with van der Waals surface area (Å²) in [6, 6.07) is 13.1. The van der Waals surface area contributed by atoms with Gasteiger partial charge in [0.2, 0.25) is 5.89 Å². The van der Waals surface area contributed by atoms with E-state index in [1.807, 2.05) is 6.07 Å². The number of thioether (sulfide) groups is 1. The predicted molar refractivity (Wildman–Crippen MR) is 128 cm³/mol. The Kier molecular flexibility index (Phi) is 6.75. The maximum Gasteiger partial charge on any atom is 0.416 e. The molecule has 4 aromatic rings. The normalized spacial score (nSPS) is 15.3. The Labute approximate surface area is 202 Å². The first-order valence-electron chi connectivity index (χ1n) is 10.9. The summed E-state index contributed by atoms with van der Waals surface area (Å²) in [5.41, 5.74) is -0.232. The Morgan fingerprint density at radius 1 is 0.971 bits per heavy atom. The van der Waals surface area contributed by atoms with Gasteiger partial charge in [-0.25, -0.2) is 0 Å². The number of rotatable bonds is 7. The highest BCUT2D eigenvalue weighted by Gasteiger charge is 2.30. The van der Waals surface area contributed by atoms with Gasteiger partial charge in [-0.3, -0.25) is 4.90 Å². The van der Waals surface area contributed by atoms with Gasteiger partial charge in [-0.1, -0.05) is 23.9 Å². The van der Waals surface area contributed by atoms with Crippen molar-refractivity contribution in [1.82, 2.24) is 19.5 Å². The maximum absolute atomic E-state index is 12.7. The Morgan fingerprint density at radius 3 is 2.50 bits per heavy atom. The number of hydrogen-bond donors (Lipinski definition) is 0. The third-order valence-electron chi connectivity index (χ3n) is 5.74. The van der Waals surface area contributed by atoms with Crippen LogP contribution in [0.25, 0.3) is 21.5 Å². The Morgan fingerprint density at radius 2 is 1.74 bits per heavy atom. The minimum Gasteiger partial charge on any atom is -0.411 e. The maximum atomic E-state index is 12.7. The van der Waals surface area contributed by atoms with Crippen LogP contribution in [0.5, 0.6) is 0 Å². The predicted octanol–water partition coefficient (Wildman–Crippen LogP) is 5.67. The zero-order valence-electron chi connectivity index (χ0n) is 18.2. The molecule has 1 aliphatic heterocycles. The van der Waals surface area contributed by atoms with E-state index in [2.05, 4.69) is 42.6 Å². The van der Waals surface area contributed by atoms with E-state index in [1.165, 1.54) is 34.0 Å². The molecule has 0 saturated carbocycles. The zero-order chi connectivity index (χ0) is 23.5. The highest BCUT2D eigenvalue weighted by Crippen LogP contribution is 2.32. The molecule has 0 spiro atoms. The van der Waals surface area contributed by atoms with Gasteiger partial charge in [0.05, 0.1) is 10.3 Å². The van der Waals surface area contributed by atoms with Crippen LogP contribution in [0.1, 0.15) is 12.0 Å². The van der Waals surface area contributed by atoms with Crippen molar-refractivity contribution in [3.63, 3.8) is 0 Å². The Hall–Kier alpha value is -2.63. The van der Waals surface area contributed by atoms with Crippen molar-refractivity contribution < 1.29 is 17.6 Å². The molecule has 0 unspecified atom stereocenters. The van der Waals surface area contributed by atoms with Crippen LogP contribution in [0.3, 0.4) is 0 Å². The SMILES string of the molecule is FC(F)(F)c1ccc(-c2nnc(SCCCN3CCN(c4nsc5ccccc45)CC3)o2)cc1. The molecule has 2 aromatic carbocycles. The second kappa shape index (κ2) is 9.93. The monoisotopic (exact) mass is 505 g/mol. The largest absolute Gasteiger partial charge is 0.416 e. The van der Waals surface area contributed by atoms with E-state index < -0.39 is 11.7 Å². The molecule has 1 saturated heterocycles. The number of nitrogens with zero attached hydrogens (tertiary/aromatic N) is 5. The number of halogens is 3. The van der Waals surface area contributed by atoms with Crippen molar-refractivity contribution >= 4 is 39.2 Å². The highest BCUT2D eigenvalue weighted by atomic mass is 32.2. The molecule has 2 aromatic heterocycles. The van der Waals surface area contributed by atoms with Gasteiger partial charge in [0.15, 0.2) is 0 Å². The van der Waals surface area contributed by atoms with Gasteiger partial charge in [0.1, 0.15) is 5.82 Å². The van der Waals surface area contributed by atoms with Crippen LogP contribution >= 0.6 is 23.3 Å². The van der Waals surface area contributed by atoms with Crippen LogP contribution in [-0.4, -0.2) is 57.9 Å². The van der Waals surface area contributed by atoms with Gasteiger partial charge in [-0.05, 0) is 60.9 Å². The van der Waals surface area contributed by atoms with Crippen molar-refractivity contribution in [1.29, 1.82) is 0 Å². The minimum absolute atomic E-state index is 0.224. The number of fused-ring (bicyclic) bond motifs is 1. The fraction of sp³-hybridized carbons (Fsp3) is 0.348. The second-order valence-corrected chi connectivity index (χ2v) is 9.83. The van der Waals surface area contributed by atoms with E-state index in [-0.39, 0.29) is 5.89 Å². The summed E-state index contributed by atoms with van der Waals surface area (Å²) < 4.78 is 49.6. The Balaban J connectivity index is 1.06. The molecule has 1 aliphatic rings. The van der Waals surface area contributed by atoms with Gasteiger partial charge < -0.3 is 9.32 Å². The fourth-order valence-electron chi connectivity index (χ4n) is 3.92. The van der Waals surface area contributed by atoms with Crippen LogP contribution in [0.4, 0.5) is 19.0 Å². The molecule has 6 nitrogen and oxygen atoms in total. The van der Waals surface area contributed by atoms with Crippen molar-refractivity contribution in [3.8, 4) is 11.5 Å². The van der Waals surface area contributed by atoms with Gasteiger partial charge in [0.25, 0.3) is 5.22 Å². The van der Waals surface area contributed by atoms with Crippen molar-refractivity contribution in [2.45, 2.75) is 17.8 Å². The number of aromatic nitrogens is 3. The molecule has 0 bridgehead atoms. The lowest BCUT2D eigenvalue weighted by atomic mass is 10.1. The van der Waals surface area contributed by atoms with Crippen LogP contribution in [0, 0.1) is 0 Å². The van der Waals surface area contributed by atoms with Crippen LogP contribution in [0.2, 0.25) is 0 Å². The van der Waals surface area contributed by atoms with Gasteiger partial charge >= 0.3 is 6.18 Å². The summed E-state index contributed by atoms with van der Waals surface area (Å²) in [5, 5.41) is 9.63. The van der Waals surface area contributed by atoms with Crippen molar-refractivity contribution in [3.05, 3.63) is 54.1 Å². The molecule has 0 atom stereocenters. The topological polar surface area (TPSA) is 58.3 Å². The third-order valence-corrected chi connectivity index (χ3v) is 7.46. The molecule has 178 valence electrons. The Bertz CT molecular complexity index is 1230. The summed E-state index contributed by atoms with van der Waals surface area (Å²) >= 11 is 3.02. The molecule has 5 rings (SSSR count). The summed E-state index contributed by atoms with van der Waals surface area (Å²) in [7, 11) is 0. The summed E-state index contributed by atoms with van der Waals surface area (Å²) in [5.74, 6) is 2.14. The van der Waals surface area contributed by atoms with Gasteiger partial charge in [-0.2, -0.15) is 17.5 Å². The summed E-state index contributed by atoms with van der Waals surface area (Å²) in [6.07, 6.45) is -3.39. The molecule has 11 heteroatoms. The van der Waals surface area contributed by atoms with Crippen LogP contribution in [-0.2, 0) is 6.18 Å². The third kappa shape index (κ3) is 5.21. The van der Waals surface area contributed by atoms with E-state index in [9.17, 15) is 13.2 Å². The molecular formula is C23H22F3N5OS2. The lowest BCUT2D eigenvalue weighted by Gasteiger charge is -2.35. The minimum atomic E-state index is -4.36. The number of piperazine rings is 1. The average Bonchev–Trinajstić information content (AvgIpc) is 3.49. The van der Waals surface area contributed by atoms with Crippen molar-refractivity contribution in [2.24, 2.45) is 0 Å². The van der Waals surface area contributed by atoms with E-state index in [1.54, 1.807) is 11.5 Å². The van der Waals surface area contributed by atoms with E-state index in [0.29, 0.717) is 10.8 Å². The molecule has 0 radical (unpaired) electrons. The van der Waals surface area contributed by atoms with E-state index in [4.69, 9.17) is 4.42 Å². The first kappa shape index (κ1) is 23.1. The summed E-state index contributed by atoms with van der Waals surface area (Å²) in [6.45, 7) is 4.89. The van der Waals surface area contributed by atoms with Crippen LogP contribution < -0.4 is 4.90 Å². The lowest BCUT2D eigenvalue weighted by molar-refractivity contribution is -0.137. The molecule has 3 heterocycles. The fourth-order valence-corrected chi connectivity index (χ4v) is 5.40. The van der Waals surface area contributed by atoms with Gasteiger partial charge in [-0.15, -0.1) is 10.2 Å². The lowest BCUT2D eigenvalue weighted by Crippen LogP contribution is -2.46. The zero-order valence-corrected chi connectivity index (χ0v) is 19.8. The molecule has 0 amide bonds. The second-order valence-electron chi connectivity index (χ2n) is 7.98. The smallest absolute Gasteiger partial charge is 0.411 e. The van der Waals surface area contributed by atoms with E-state index >= 15 is 0 Å². The number of alkyl halides is 3. The van der Waals surface area contributed by atoms with Crippen LogP contribution in [0.15, 0.2) is 58.2 Å². The first-order valence-corrected chi connectivity index (χ1v) is 12.7. The number of hydrogen-bond acceptors (Lipinski definition) is 8. The molecule has 34 heavy (non-hydrogen) atoms. The number of anilines is 1. The van der Waals surface area contributed by atoms with E-state index in [0.717, 1.165) is 62.8 Å². The first-order chi connectivity index (χ1) is 16.5.